The Bertz CT molecular complexity index is 277. The van der Waals surface area contributed by atoms with Gasteiger partial charge in [-0.2, -0.15) is 13.2 Å². The quantitative estimate of drug-likeness (QED) is 0.549. The van der Waals surface area contributed by atoms with Gasteiger partial charge in [0.15, 0.2) is 0 Å². The van der Waals surface area contributed by atoms with Crippen LogP contribution in [-0.2, 0) is 14.3 Å². The van der Waals surface area contributed by atoms with E-state index in [2.05, 4.69) is 4.74 Å². The number of ether oxygens (including phenoxy) is 1. The molecule has 0 aromatic heterocycles. The number of carbonyl (C=O) groups is 2. The molecule has 15 heavy (non-hydrogen) atoms. The van der Waals surface area contributed by atoms with Crippen molar-refractivity contribution in [2.45, 2.75) is 13.1 Å². The van der Waals surface area contributed by atoms with Gasteiger partial charge in [-0.1, -0.05) is 0 Å². The molecule has 0 aromatic carbocycles. The Morgan fingerprint density at radius 1 is 1.60 bits per heavy atom. The third kappa shape index (κ3) is 2.40. The average Bonchev–Trinajstić information content (AvgIpc) is 2.46. The van der Waals surface area contributed by atoms with Crippen LogP contribution in [0.3, 0.4) is 0 Å². The molecule has 1 amide bonds. The molecule has 7 heteroatoms. The third-order valence-electron chi connectivity index (χ3n) is 2.14. The van der Waals surface area contributed by atoms with Crippen LogP contribution in [-0.4, -0.2) is 31.2 Å². The molecule has 1 aliphatic heterocycles. The van der Waals surface area contributed by atoms with Crippen molar-refractivity contribution in [3.63, 3.8) is 0 Å². The number of halogens is 3. The number of alkyl halides is 3. The van der Waals surface area contributed by atoms with Crippen molar-refractivity contribution in [3.05, 3.63) is 0 Å². The molecule has 0 radical (unpaired) electrons. The van der Waals surface area contributed by atoms with E-state index in [1.807, 2.05) is 5.32 Å². The molecule has 86 valence electrons. The van der Waals surface area contributed by atoms with Crippen LogP contribution in [0, 0.1) is 11.8 Å². The number of carbonyl (C=O) groups excluding carboxylic acids is 2. The number of rotatable bonds is 2. The van der Waals surface area contributed by atoms with E-state index in [1.54, 1.807) is 0 Å². The van der Waals surface area contributed by atoms with Crippen molar-refractivity contribution < 1.29 is 27.5 Å². The summed E-state index contributed by atoms with van der Waals surface area (Å²) in [6, 6.07) is 0. The van der Waals surface area contributed by atoms with Crippen LogP contribution in [0.2, 0.25) is 0 Å². The summed E-state index contributed by atoms with van der Waals surface area (Å²) in [6.45, 7) is 0.854. The zero-order valence-electron chi connectivity index (χ0n) is 7.93. The average molecular weight is 225 g/mol. The molecule has 1 fully saturated rings. The first-order valence-electron chi connectivity index (χ1n) is 4.39. The van der Waals surface area contributed by atoms with Gasteiger partial charge in [-0.05, 0) is 6.92 Å². The van der Waals surface area contributed by atoms with Crippen molar-refractivity contribution in [2.24, 2.45) is 11.8 Å². The summed E-state index contributed by atoms with van der Waals surface area (Å²) in [6.07, 6.45) is -4.57. The van der Waals surface area contributed by atoms with E-state index >= 15 is 0 Å². The van der Waals surface area contributed by atoms with E-state index in [9.17, 15) is 22.8 Å². The van der Waals surface area contributed by atoms with Crippen LogP contribution in [0.5, 0.6) is 0 Å². The minimum Gasteiger partial charge on any atom is -0.465 e. The second kappa shape index (κ2) is 4.08. The highest BCUT2D eigenvalue weighted by molar-refractivity contribution is 5.99. The number of hydrogen-bond acceptors (Lipinski definition) is 3. The van der Waals surface area contributed by atoms with Crippen molar-refractivity contribution in [2.75, 3.05) is 13.2 Å². The molecule has 0 unspecified atom stereocenters. The number of esters is 1. The van der Waals surface area contributed by atoms with E-state index in [-0.39, 0.29) is 6.61 Å². The molecule has 4 nitrogen and oxygen atoms in total. The fourth-order valence-electron chi connectivity index (χ4n) is 1.43. The summed E-state index contributed by atoms with van der Waals surface area (Å²) < 4.78 is 41.6. The lowest BCUT2D eigenvalue weighted by Crippen LogP contribution is -2.36. The van der Waals surface area contributed by atoms with Crippen molar-refractivity contribution in [1.82, 2.24) is 5.32 Å². The minimum atomic E-state index is -4.57. The summed E-state index contributed by atoms with van der Waals surface area (Å²) in [4.78, 5) is 22.2. The Balaban J connectivity index is 2.82. The molecule has 2 atom stereocenters. The van der Waals surface area contributed by atoms with Crippen LogP contribution in [0.4, 0.5) is 13.2 Å². The van der Waals surface area contributed by atoms with Crippen molar-refractivity contribution in [3.8, 4) is 0 Å². The molecule has 1 aliphatic rings. The largest absolute Gasteiger partial charge is 0.465 e. The summed E-state index contributed by atoms with van der Waals surface area (Å²) in [5.74, 6) is -5.78. The molecule has 1 saturated heterocycles. The Labute approximate surface area is 83.8 Å². The maximum Gasteiger partial charge on any atom is 0.394 e. The first-order chi connectivity index (χ1) is 6.88. The zero-order chi connectivity index (χ0) is 11.6. The molecule has 0 spiro atoms. The van der Waals surface area contributed by atoms with Crippen LogP contribution < -0.4 is 5.32 Å². The fraction of sp³-hybridized carbons (Fsp3) is 0.750. The van der Waals surface area contributed by atoms with Gasteiger partial charge >= 0.3 is 12.1 Å². The number of amides is 1. The smallest absolute Gasteiger partial charge is 0.394 e. The lowest BCUT2D eigenvalue weighted by Gasteiger charge is -2.18. The van der Waals surface area contributed by atoms with E-state index in [1.165, 1.54) is 6.92 Å². The number of nitrogens with one attached hydrogen (secondary N) is 1. The molecule has 0 saturated carbocycles. The normalized spacial score (nSPS) is 26.3. The molecule has 1 heterocycles. The van der Waals surface area contributed by atoms with E-state index in [4.69, 9.17) is 0 Å². The van der Waals surface area contributed by atoms with Crippen LogP contribution in [0.1, 0.15) is 6.92 Å². The molecular weight excluding hydrogens is 215 g/mol. The summed E-state index contributed by atoms with van der Waals surface area (Å²) in [5, 5.41) is 2.01. The molecule has 0 bridgehead atoms. The highest BCUT2D eigenvalue weighted by Crippen LogP contribution is 2.35. The van der Waals surface area contributed by atoms with Gasteiger partial charge < -0.3 is 10.1 Å². The number of hydrogen-bond donors (Lipinski definition) is 1. The predicted molar refractivity (Wildman–Crippen MR) is 42.7 cm³/mol. The van der Waals surface area contributed by atoms with Gasteiger partial charge in [-0.15, -0.1) is 0 Å². The van der Waals surface area contributed by atoms with Crippen LogP contribution in [0.25, 0.3) is 0 Å². The predicted octanol–water partition coefficient (Wildman–Crippen LogP) is 0.474. The van der Waals surface area contributed by atoms with Gasteiger partial charge in [0.05, 0.1) is 12.5 Å². The van der Waals surface area contributed by atoms with E-state index < -0.39 is 36.4 Å². The SMILES string of the molecule is CCOC(=O)[C@H]1C(=O)NC[C@@H]1C(F)(F)F. The van der Waals surface area contributed by atoms with Crippen LogP contribution >= 0.6 is 0 Å². The Morgan fingerprint density at radius 3 is 2.67 bits per heavy atom. The highest BCUT2D eigenvalue weighted by Gasteiger charge is 2.54. The molecule has 1 rings (SSSR count). The van der Waals surface area contributed by atoms with Gasteiger partial charge in [0.25, 0.3) is 0 Å². The topological polar surface area (TPSA) is 55.4 Å². The molecule has 0 aromatic rings. The highest BCUT2D eigenvalue weighted by atomic mass is 19.4. The Hall–Kier alpha value is -1.27. The van der Waals surface area contributed by atoms with Crippen LogP contribution in [0.15, 0.2) is 0 Å². The third-order valence-corrected chi connectivity index (χ3v) is 2.14. The molecule has 1 N–H and O–H groups in total. The summed E-state index contributed by atoms with van der Waals surface area (Å²) in [5.41, 5.74) is 0. The first-order valence-corrected chi connectivity index (χ1v) is 4.39. The van der Waals surface area contributed by atoms with Gasteiger partial charge in [0.1, 0.15) is 5.92 Å². The Morgan fingerprint density at radius 2 is 2.20 bits per heavy atom. The fourth-order valence-corrected chi connectivity index (χ4v) is 1.43. The van der Waals surface area contributed by atoms with Gasteiger partial charge in [0, 0.05) is 6.54 Å². The molecule has 0 aliphatic carbocycles. The van der Waals surface area contributed by atoms with Crippen molar-refractivity contribution >= 4 is 11.9 Å². The molecular formula is C8H10F3NO3. The lowest BCUT2D eigenvalue weighted by molar-refractivity contribution is -0.190. The van der Waals surface area contributed by atoms with E-state index in [0.29, 0.717) is 0 Å². The monoisotopic (exact) mass is 225 g/mol. The zero-order valence-corrected chi connectivity index (χ0v) is 7.93. The van der Waals surface area contributed by atoms with Gasteiger partial charge in [-0.25, -0.2) is 0 Å². The van der Waals surface area contributed by atoms with Gasteiger partial charge in [-0.3, -0.25) is 9.59 Å². The maximum atomic E-state index is 12.4. The van der Waals surface area contributed by atoms with Crippen molar-refractivity contribution in [1.29, 1.82) is 0 Å². The summed E-state index contributed by atoms with van der Waals surface area (Å²) in [7, 11) is 0. The lowest BCUT2D eigenvalue weighted by atomic mass is 9.95. The second-order valence-corrected chi connectivity index (χ2v) is 3.12. The first kappa shape index (κ1) is 11.8. The van der Waals surface area contributed by atoms with E-state index in [0.717, 1.165) is 0 Å². The minimum absolute atomic E-state index is 0.0484. The Kier molecular flexibility index (Phi) is 3.21. The summed E-state index contributed by atoms with van der Waals surface area (Å²) >= 11 is 0. The van der Waals surface area contributed by atoms with Gasteiger partial charge in [0.2, 0.25) is 5.91 Å². The second-order valence-electron chi connectivity index (χ2n) is 3.12. The maximum absolute atomic E-state index is 12.4. The standard InChI is InChI=1S/C8H10F3NO3/c1-2-15-7(14)5-4(8(9,10)11)3-12-6(5)13/h4-5H,2-3H2,1H3,(H,12,13)/t4-,5+/m0/s1.